The Labute approximate surface area is 96.9 Å². The fraction of sp³-hybridized carbons (Fsp3) is 0.333. The summed E-state index contributed by atoms with van der Waals surface area (Å²) in [7, 11) is -3.59. The van der Waals surface area contributed by atoms with E-state index in [9.17, 15) is 8.42 Å². The lowest BCUT2D eigenvalue weighted by atomic mass is 10.2. The second kappa shape index (κ2) is 5.82. The number of allylic oxidation sites excluding steroid dienone is 1. The molecule has 0 N–H and O–H groups in total. The quantitative estimate of drug-likeness (QED) is 0.451. The summed E-state index contributed by atoms with van der Waals surface area (Å²) in [5.41, 5.74) is 1.02. The molecule has 1 rings (SSSR count). The van der Waals surface area contributed by atoms with Crippen LogP contribution in [0.2, 0.25) is 0 Å². The van der Waals surface area contributed by atoms with Gasteiger partial charge >= 0.3 is 0 Å². The number of rotatable bonds is 5. The van der Waals surface area contributed by atoms with Crippen molar-refractivity contribution in [1.82, 2.24) is 0 Å². The van der Waals surface area contributed by atoms with E-state index in [0.717, 1.165) is 5.56 Å². The minimum Gasteiger partial charge on any atom is -0.266 e. The molecule has 16 heavy (non-hydrogen) atoms. The Kier molecular flexibility index (Phi) is 4.71. The molecular weight excluding hydrogens is 224 g/mol. The van der Waals surface area contributed by atoms with Gasteiger partial charge in [0.2, 0.25) is 0 Å². The standard InChI is InChI=1S/C12H16O3S/c1-3-4-5-10-15-16(13,14)12-8-6-11(2)7-9-12/h3-4,6-9H,5,10H2,1-2H3/b4-3+. The molecule has 0 unspecified atom stereocenters. The molecule has 1 aromatic rings. The Morgan fingerprint density at radius 3 is 2.44 bits per heavy atom. The van der Waals surface area contributed by atoms with Crippen molar-refractivity contribution in [1.29, 1.82) is 0 Å². The summed E-state index contributed by atoms with van der Waals surface area (Å²) in [6.45, 7) is 3.97. The molecule has 0 heterocycles. The summed E-state index contributed by atoms with van der Waals surface area (Å²) < 4.78 is 28.2. The smallest absolute Gasteiger partial charge is 0.266 e. The zero-order valence-electron chi connectivity index (χ0n) is 9.51. The molecule has 0 bridgehead atoms. The van der Waals surface area contributed by atoms with Crippen molar-refractivity contribution >= 4 is 10.1 Å². The molecular formula is C12H16O3S. The third kappa shape index (κ3) is 3.79. The summed E-state index contributed by atoms with van der Waals surface area (Å²) in [6.07, 6.45) is 4.33. The van der Waals surface area contributed by atoms with Crippen LogP contribution < -0.4 is 0 Å². The molecule has 4 heteroatoms. The Balaban J connectivity index is 2.67. The Morgan fingerprint density at radius 1 is 1.25 bits per heavy atom. The van der Waals surface area contributed by atoms with Crippen molar-refractivity contribution in [2.45, 2.75) is 25.2 Å². The summed E-state index contributed by atoms with van der Waals surface area (Å²) in [4.78, 5) is 0.207. The maximum absolute atomic E-state index is 11.7. The SMILES string of the molecule is C/C=C/CCOS(=O)(=O)c1ccc(C)cc1. The van der Waals surface area contributed by atoms with Gasteiger partial charge in [-0.1, -0.05) is 29.8 Å². The highest BCUT2D eigenvalue weighted by molar-refractivity contribution is 7.86. The average molecular weight is 240 g/mol. The van der Waals surface area contributed by atoms with E-state index in [2.05, 4.69) is 0 Å². The second-order valence-corrected chi connectivity index (χ2v) is 5.06. The van der Waals surface area contributed by atoms with Crippen LogP contribution >= 0.6 is 0 Å². The van der Waals surface area contributed by atoms with Crippen LogP contribution in [0.15, 0.2) is 41.3 Å². The van der Waals surface area contributed by atoms with E-state index in [1.165, 1.54) is 0 Å². The maximum atomic E-state index is 11.7. The lowest BCUT2D eigenvalue weighted by Gasteiger charge is -2.04. The Hall–Kier alpha value is -1.13. The molecule has 0 saturated heterocycles. The molecule has 88 valence electrons. The normalized spacial score (nSPS) is 12.1. The first-order chi connectivity index (χ1) is 7.56. The van der Waals surface area contributed by atoms with Crippen LogP contribution in [-0.2, 0) is 14.3 Å². The summed E-state index contributed by atoms with van der Waals surface area (Å²) in [6, 6.07) is 6.62. The van der Waals surface area contributed by atoms with Gasteiger partial charge in [-0.05, 0) is 32.4 Å². The summed E-state index contributed by atoms with van der Waals surface area (Å²) in [5, 5.41) is 0. The van der Waals surface area contributed by atoms with Gasteiger partial charge in [-0.2, -0.15) is 8.42 Å². The topological polar surface area (TPSA) is 43.4 Å². The molecule has 0 aliphatic rings. The van der Waals surface area contributed by atoms with Crippen LogP contribution in [0.3, 0.4) is 0 Å². The fourth-order valence-corrected chi connectivity index (χ4v) is 2.09. The highest BCUT2D eigenvalue weighted by Crippen LogP contribution is 2.13. The van der Waals surface area contributed by atoms with Crippen molar-refractivity contribution in [2.75, 3.05) is 6.61 Å². The minimum absolute atomic E-state index is 0.181. The molecule has 0 fully saturated rings. The van der Waals surface area contributed by atoms with Crippen molar-refractivity contribution in [3.63, 3.8) is 0 Å². The zero-order chi connectivity index (χ0) is 12.0. The van der Waals surface area contributed by atoms with Gasteiger partial charge in [0.25, 0.3) is 10.1 Å². The fourth-order valence-electron chi connectivity index (χ4n) is 1.17. The zero-order valence-corrected chi connectivity index (χ0v) is 10.3. The van der Waals surface area contributed by atoms with Gasteiger partial charge in [0.15, 0.2) is 0 Å². The Bertz CT molecular complexity index is 444. The third-order valence-corrected chi connectivity index (χ3v) is 3.39. The number of hydrogen-bond acceptors (Lipinski definition) is 3. The van der Waals surface area contributed by atoms with Crippen LogP contribution in [0.1, 0.15) is 18.9 Å². The van der Waals surface area contributed by atoms with Crippen molar-refractivity contribution in [3.8, 4) is 0 Å². The van der Waals surface area contributed by atoms with Crippen LogP contribution in [0.4, 0.5) is 0 Å². The van der Waals surface area contributed by atoms with Crippen LogP contribution in [-0.4, -0.2) is 15.0 Å². The van der Waals surface area contributed by atoms with Gasteiger partial charge in [0.1, 0.15) is 0 Å². The lowest BCUT2D eigenvalue weighted by Crippen LogP contribution is -2.07. The molecule has 0 aromatic heterocycles. The summed E-state index contributed by atoms with van der Waals surface area (Å²) in [5.74, 6) is 0. The highest BCUT2D eigenvalue weighted by atomic mass is 32.2. The molecule has 0 aliphatic carbocycles. The predicted octanol–water partition coefficient (Wildman–Crippen LogP) is 2.67. The van der Waals surface area contributed by atoms with E-state index in [4.69, 9.17) is 4.18 Å². The molecule has 3 nitrogen and oxygen atoms in total. The lowest BCUT2D eigenvalue weighted by molar-refractivity contribution is 0.324. The van der Waals surface area contributed by atoms with Gasteiger partial charge in [0.05, 0.1) is 11.5 Å². The molecule has 0 spiro atoms. The van der Waals surface area contributed by atoms with Gasteiger partial charge in [-0.3, -0.25) is 4.18 Å². The summed E-state index contributed by atoms with van der Waals surface area (Å²) >= 11 is 0. The van der Waals surface area contributed by atoms with Crippen molar-refractivity contribution in [3.05, 3.63) is 42.0 Å². The van der Waals surface area contributed by atoms with Crippen LogP contribution in [0.25, 0.3) is 0 Å². The van der Waals surface area contributed by atoms with Gasteiger partial charge in [-0.15, -0.1) is 0 Å². The first-order valence-corrected chi connectivity index (χ1v) is 6.54. The Morgan fingerprint density at radius 2 is 1.88 bits per heavy atom. The second-order valence-electron chi connectivity index (χ2n) is 3.45. The van der Waals surface area contributed by atoms with Gasteiger partial charge < -0.3 is 0 Å². The molecule has 0 radical (unpaired) electrons. The van der Waals surface area contributed by atoms with E-state index in [0.29, 0.717) is 6.42 Å². The molecule has 0 atom stereocenters. The number of aryl methyl sites for hydroxylation is 1. The van der Waals surface area contributed by atoms with Crippen molar-refractivity contribution in [2.24, 2.45) is 0 Å². The van der Waals surface area contributed by atoms with E-state index in [1.807, 2.05) is 26.0 Å². The third-order valence-electron chi connectivity index (χ3n) is 2.07. The number of hydrogen-bond donors (Lipinski definition) is 0. The van der Waals surface area contributed by atoms with E-state index < -0.39 is 10.1 Å². The molecule has 0 aliphatic heterocycles. The molecule has 1 aromatic carbocycles. The minimum atomic E-state index is -3.59. The average Bonchev–Trinajstić information content (AvgIpc) is 2.25. The first-order valence-electron chi connectivity index (χ1n) is 5.13. The largest absolute Gasteiger partial charge is 0.296 e. The van der Waals surface area contributed by atoms with E-state index in [1.54, 1.807) is 24.3 Å². The van der Waals surface area contributed by atoms with Crippen LogP contribution in [0.5, 0.6) is 0 Å². The van der Waals surface area contributed by atoms with Crippen molar-refractivity contribution < 1.29 is 12.6 Å². The first kappa shape index (κ1) is 12.9. The molecule has 0 saturated carbocycles. The predicted molar refractivity (Wildman–Crippen MR) is 63.7 cm³/mol. The maximum Gasteiger partial charge on any atom is 0.296 e. The molecule has 0 amide bonds. The van der Waals surface area contributed by atoms with Gasteiger partial charge in [0, 0.05) is 0 Å². The van der Waals surface area contributed by atoms with E-state index in [-0.39, 0.29) is 11.5 Å². The van der Waals surface area contributed by atoms with Gasteiger partial charge in [-0.25, -0.2) is 0 Å². The monoisotopic (exact) mass is 240 g/mol. The van der Waals surface area contributed by atoms with E-state index >= 15 is 0 Å². The number of benzene rings is 1. The highest BCUT2D eigenvalue weighted by Gasteiger charge is 2.13. The van der Waals surface area contributed by atoms with Crippen LogP contribution in [0, 0.1) is 6.92 Å².